The predicted molar refractivity (Wildman–Crippen MR) is 79.3 cm³/mol. The standard InChI is InChI=1S/C13H18O6S2/c1-3-19-13(14)12(11-7-5-4-6-8-11)21(17,18)10-9-20(2,15)16/h4-8,12H,3,9-10H2,1-2H3. The van der Waals surface area contributed by atoms with E-state index < -0.39 is 42.4 Å². The van der Waals surface area contributed by atoms with Gasteiger partial charge in [0.05, 0.1) is 18.1 Å². The molecule has 0 N–H and O–H groups in total. The molecule has 0 radical (unpaired) electrons. The third kappa shape index (κ3) is 5.47. The van der Waals surface area contributed by atoms with Crippen molar-refractivity contribution in [1.82, 2.24) is 0 Å². The maximum absolute atomic E-state index is 12.3. The van der Waals surface area contributed by atoms with Crippen molar-refractivity contribution in [2.24, 2.45) is 0 Å². The van der Waals surface area contributed by atoms with Gasteiger partial charge in [0.15, 0.2) is 15.1 Å². The van der Waals surface area contributed by atoms with Gasteiger partial charge in [0, 0.05) is 6.26 Å². The number of hydrogen-bond donors (Lipinski definition) is 0. The van der Waals surface area contributed by atoms with Gasteiger partial charge in [-0.05, 0) is 12.5 Å². The SMILES string of the molecule is CCOC(=O)C(c1ccccc1)S(=O)(=O)CCS(C)(=O)=O. The second-order valence-electron chi connectivity index (χ2n) is 4.54. The summed E-state index contributed by atoms with van der Waals surface area (Å²) in [4.78, 5) is 12.0. The first kappa shape index (κ1) is 17.6. The molecule has 0 bridgehead atoms. The maximum Gasteiger partial charge on any atom is 0.328 e. The molecule has 6 nitrogen and oxygen atoms in total. The summed E-state index contributed by atoms with van der Waals surface area (Å²) in [6.45, 7) is 1.62. The maximum atomic E-state index is 12.3. The zero-order valence-corrected chi connectivity index (χ0v) is 13.5. The molecule has 0 amide bonds. The van der Waals surface area contributed by atoms with Crippen molar-refractivity contribution in [2.45, 2.75) is 12.2 Å². The van der Waals surface area contributed by atoms with Gasteiger partial charge in [0.1, 0.15) is 9.84 Å². The van der Waals surface area contributed by atoms with Gasteiger partial charge in [-0.1, -0.05) is 30.3 Å². The molecule has 1 aromatic rings. The van der Waals surface area contributed by atoms with Gasteiger partial charge in [0.2, 0.25) is 0 Å². The molecule has 0 saturated carbocycles. The number of benzene rings is 1. The van der Waals surface area contributed by atoms with Crippen LogP contribution in [0.3, 0.4) is 0 Å². The number of sulfone groups is 2. The second-order valence-corrected chi connectivity index (χ2v) is 9.00. The minimum absolute atomic E-state index is 0.0454. The van der Waals surface area contributed by atoms with Crippen molar-refractivity contribution >= 4 is 25.6 Å². The summed E-state index contributed by atoms with van der Waals surface area (Å²) in [5, 5.41) is -1.50. The number of hydrogen-bond acceptors (Lipinski definition) is 6. The fourth-order valence-electron chi connectivity index (χ4n) is 1.72. The Morgan fingerprint density at radius 1 is 1.10 bits per heavy atom. The van der Waals surface area contributed by atoms with Gasteiger partial charge in [-0.2, -0.15) is 0 Å². The lowest BCUT2D eigenvalue weighted by molar-refractivity contribution is -0.142. The Kier molecular flexibility index (Phi) is 5.91. The molecule has 0 heterocycles. The quantitative estimate of drug-likeness (QED) is 0.683. The van der Waals surface area contributed by atoms with Gasteiger partial charge in [-0.15, -0.1) is 0 Å². The van der Waals surface area contributed by atoms with Crippen molar-refractivity contribution in [3.8, 4) is 0 Å². The molecule has 8 heteroatoms. The highest BCUT2D eigenvalue weighted by Gasteiger charge is 2.35. The lowest BCUT2D eigenvalue weighted by atomic mass is 10.1. The van der Waals surface area contributed by atoms with Crippen LogP contribution < -0.4 is 0 Å². The van der Waals surface area contributed by atoms with Crippen molar-refractivity contribution < 1.29 is 26.4 Å². The Bertz CT molecular complexity index is 677. The van der Waals surface area contributed by atoms with Crippen LogP contribution in [0.2, 0.25) is 0 Å². The van der Waals surface area contributed by atoms with Crippen molar-refractivity contribution in [3.63, 3.8) is 0 Å². The summed E-state index contributed by atoms with van der Waals surface area (Å²) in [5.74, 6) is -2.04. The normalized spacial score (nSPS) is 13.6. The van der Waals surface area contributed by atoms with Crippen LogP contribution in [-0.4, -0.2) is 47.2 Å². The number of ether oxygens (including phenoxy) is 1. The number of rotatable bonds is 7. The molecule has 1 unspecified atom stereocenters. The average Bonchev–Trinajstić information content (AvgIpc) is 2.37. The van der Waals surface area contributed by atoms with Gasteiger partial charge in [-0.3, -0.25) is 4.79 Å². The summed E-state index contributed by atoms with van der Waals surface area (Å²) < 4.78 is 51.8. The lowest BCUT2D eigenvalue weighted by Crippen LogP contribution is -2.29. The highest BCUT2D eigenvalue weighted by molar-refractivity contribution is 7.95. The number of carbonyl (C=O) groups is 1. The van der Waals surface area contributed by atoms with Crippen LogP contribution in [0.4, 0.5) is 0 Å². The number of esters is 1. The summed E-state index contributed by atoms with van der Waals surface area (Å²) in [5.41, 5.74) is 0.268. The van der Waals surface area contributed by atoms with Crippen LogP contribution in [-0.2, 0) is 29.2 Å². The van der Waals surface area contributed by atoms with Crippen LogP contribution in [0.15, 0.2) is 30.3 Å². The molecule has 1 aromatic carbocycles. The Morgan fingerprint density at radius 3 is 2.14 bits per heavy atom. The summed E-state index contributed by atoms with van der Waals surface area (Å²) in [7, 11) is -7.43. The molecule has 21 heavy (non-hydrogen) atoms. The van der Waals surface area contributed by atoms with E-state index in [2.05, 4.69) is 0 Å². The molecule has 0 fully saturated rings. The van der Waals surface area contributed by atoms with Crippen LogP contribution in [0.5, 0.6) is 0 Å². The largest absolute Gasteiger partial charge is 0.465 e. The third-order valence-corrected chi connectivity index (χ3v) is 5.86. The smallest absolute Gasteiger partial charge is 0.328 e. The average molecular weight is 334 g/mol. The van der Waals surface area contributed by atoms with E-state index in [1.165, 1.54) is 12.1 Å². The van der Waals surface area contributed by atoms with E-state index in [0.29, 0.717) is 0 Å². The van der Waals surface area contributed by atoms with E-state index in [1.807, 2.05) is 0 Å². The Labute approximate surface area is 125 Å². The molecule has 118 valence electrons. The highest BCUT2D eigenvalue weighted by atomic mass is 32.2. The van der Waals surface area contributed by atoms with E-state index in [4.69, 9.17) is 4.74 Å². The van der Waals surface area contributed by atoms with Gasteiger partial charge >= 0.3 is 5.97 Å². The molecule has 0 spiro atoms. The van der Waals surface area contributed by atoms with Gasteiger partial charge in [-0.25, -0.2) is 16.8 Å². The van der Waals surface area contributed by atoms with Crippen LogP contribution in [0.1, 0.15) is 17.7 Å². The first-order valence-electron chi connectivity index (χ1n) is 6.28. The van der Waals surface area contributed by atoms with E-state index >= 15 is 0 Å². The first-order chi connectivity index (χ1) is 9.67. The molecule has 0 aliphatic carbocycles. The zero-order chi connectivity index (χ0) is 16.1. The summed E-state index contributed by atoms with van der Waals surface area (Å²) in [6, 6.07) is 7.90. The molecule has 0 aliphatic rings. The van der Waals surface area contributed by atoms with E-state index in [0.717, 1.165) is 6.26 Å². The molecular formula is C13H18O6S2. The molecule has 1 rings (SSSR count). The Morgan fingerprint density at radius 2 is 1.67 bits per heavy atom. The minimum atomic E-state index is -3.98. The molecule has 0 aliphatic heterocycles. The Balaban J connectivity index is 3.15. The molecular weight excluding hydrogens is 316 g/mol. The lowest BCUT2D eigenvalue weighted by Gasteiger charge is -2.16. The molecule has 1 atom stereocenters. The third-order valence-electron chi connectivity index (χ3n) is 2.70. The van der Waals surface area contributed by atoms with Crippen molar-refractivity contribution in [3.05, 3.63) is 35.9 Å². The van der Waals surface area contributed by atoms with E-state index in [-0.39, 0.29) is 12.2 Å². The Hall–Kier alpha value is -1.41. The van der Waals surface area contributed by atoms with Gasteiger partial charge in [0.25, 0.3) is 0 Å². The predicted octanol–water partition coefficient (Wildman–Crippen LogP) is 0.750. The van der Waals surface area contributed by atoms with Crippen LogP contribution in [0.25, 0.3) is 0 Å². The summed E-state index contributed by atoms with van der Waals surface area (Å²) >= 11 is 0. The number of carbonyl (C=O) groups excluding carboxylic acids is 1. The first-order valence-corrected chi connectivity index (χ1v) is 10.1. The summed E-state index contributed by atoms with van der Waals surface area (Å²) in [6.07, 6.45) is 0.949. The second kappa shape index (κ2) is 7.04. The highest BCUT2D eigenvalue weighted by Crippen LogP contribution is 2.25. The van der Waals surface area contributed by atoms with Crippen LogP contribution in [0, 0.1) is 0 Å². The van der Waals surface area contributed by atoms with Crippen molar-refractivity contribution in [1.29, 1.82) is 0 Å². The fourth-order valence-corrected chi connectivity index (χ4v) is 5.03. The molecule has 0 saturated heterocycles. The van der Waals surface area contributed by atoms with Crippen molar-refractivity contribution in [2.75, 3.05) is 24.4 Å². The monoisotopic (exact) mass is 334 g/mol. The van der Waals surface area contributed by atoms with E-state index in [9.17, 15) is 21.6 Å². The minimum Gasteiger partial charge on any atom is -0.465 e. The van der Waals surface area contributed by atoms with E-state index in [1.54, 1.807) is 25.1 Å². The topological polar surface area (TPSA) is 94.6 Å². The van der Waals surface area contributed by atoms with Gasteiger partial charge < -0.3 is 4.74 Å². The fraction of sp³-hybridized carbons (Fsp3) is 0.462. The zero-order valence-electron chi connectivity index (χ0n) is 11.9. The van der Waals surface area contributed by atoms with Crippen LogP contribution >= 0.6 is 0 Å². The molecule has 0 aromatic heterocycles.